The van der Waals surface area contributed by atoms with E-state index in [0.29, 0.717) is 6.04 Å². The summed E-state index contributed by atoms with van der Waals surface area (Å²) in [6.45, 7) is 4.44. The standard InChI is InChI=1S/C15H23BrN2/c1-10-5-4-6-12(7-10)18(3)15-8-11(2)14(17)9-13(15)16/h8-10,12H,4-7,17H2,1-3H3. The summed E-state index contributed by atoms with van der Waals surface area (Å²) in [4.78, 5) is 2.42. The normalized spacial score (nSPS) is 24.0. The lowest BCUT2D eigenvalue weighted by Gasteiger charge is -2.36. The van der Waals surface area contributed by atoms with Crippen molar-refractivity contribution in [1.29, 1.82) is 0 Å². The average molecular weight is 311 g/mol. The second kappa shape index (κ2) is 5.52. The molecule has 0 aliphatic heterocycles. The van der Waals surface area contributed by atoms with Crippen LogP contribution in [-0.2, 0) is 0 Å². The van der Waals surface area contributed by atoms with Crippen molar-refractivity contribution in [3.63, 3.8) is 0 Å². The third kappa shape index (κ3) is 2.82. The quantitative estimate of drug-likeness (QED) is 0.823. The Kier molecular flexibility index (Phi) is 4.21. The van der Waals surface area contributed by atoms with Crippen LogP contribution < -0.4 is 10.6 Å². The molecule has 2 nitrogen and oxygen atoms in total. The highest BCUT2D eigenvalue weighted by Crippen LogP contribution is 2.35. The van der Waals surface area contributed by atoms with Crippen LogP contribution in [0.2, 0.25) is 0 Å². The molecule has 1 aromatic rings. The highest BCUT2D eigenvalue weighted by Gasteiger charge is 2.23. The van der Waals surface area contributed by atoms with Crippen LogP contribution in [0, 0.1) is 12.8 Å². The minimum absolute atomic E-state index is 0.660. The molecule has 1 aromatic carbocycles. The number of hydrogen-bond acceptors (Lipinski definition) is 2. The van der Waals surface area contributed by atoms with Crippen LogP contribution in [0.5, 0.6) is 0 Å². The van der Waals surface area contributed by atoms with Gasteiger partial charge in [-0.3, -0.25) is 0 Å². The number of rotatable bonds is 2. The molecule has 0 aromatic heterocycles. The molecule has 2 N–H and O–H groups in total. The minimum atomic E-state index is 0.660. The van der Waals surface area contributed by atoms with Crippen LogP contribution in [0.4, 0.5) is 11.4 Å². The maximum absolute atomic E-state index is 5.94. The Morgan fingerprint density at radius 3 is 2.72 bits per heavy atom. The van der Waals surface area contributed by atoms with Gasteiger partial charge in [0, 0.05) is 23.2 Å². The number of nitrogen functional groups attached to an aromatic ring is 1. The molecular formula is C15H23BrN2. The fraction of sp³-hybridized carbons (Fsp3) is 0.600. The van der Waals surface area contributed by atoms with Crippen LogP contribution in [0.1, 0.15) is 38.2 Å². The molecule has 0 heterocycles. The molecule has 3 heteroatoms. The van der Waals surface area contributed by atoms with Gasteiger partial charge in [-0.1, -0.05) is 19.8 Å². The van der Waals surface area contributed by atoms with Crippen LogP contribution in [0.25, 0.3) is 0 Å². The zero-order valence-electron chi connectivity index (χ0n) is 11.5. The van der Waals surface area contributed by atoms with Gasteiger partial charge in [0.05, 0.1) is 5.69 Å². The van der Waals surface area contributed by atoms with Gasteiger partial charge in [-0.25, -0.2) is 0 Å². The van der Waals surface area contributed by atoms with Crippen LogP contribution in [-0.4, -0.2) is 13.1 Å². The van der Waals surface area contributed by atoms with Gasteiger partial charge in [0.1, 0.15) is 0 Å². The van der Waals surface area contributed by atoms with E-state index in [4.69, 9.17) is 5.73 Å². The summed E-state index contributed by atoms with van der Waals surface area (Å²) in [7, 11) is 2.21. The molecule has 2 rings (SSSR count). The molecule has 100 valence electrons. The van der Waals surface area contributed by atoms with Crippen molar-refractivity contribution in [3.8, 4) is 0 Å². The smallest absolute Gasteiger partial charge is 0.0514 e. The fourth-order valence-corrected chi connectivity index (χ4v) is 3.54. The predicted octanol–water partition coefficient (Wildman–Crippen LogP) is 4.35. The summed E-state index contributed by atoms with van der Waals surface area (Å²) < 4.78 is 1.10. The van der Waals surface area contributed by atoms with Gasteiger partial charge in [0.15, 0.2) is 0 Å². The van der Waals surface area contributed by atoms with E-state index in [-0.39, 0.29) is 0 Å². The Morgan fingerprint density at radius 1 is 1.33 bits per heavy atom. The Hall–Kier alpha value is -0.700. The van der Waals surface area contributed by atoms with E-state index in [9.17, 15) is 0 Å². The number of benzene rings is 1. The third-order valence-corrected chi connectivity index (χ3v) is 4.81. The Labute approximate surface area is 119 Å². The number of aryl methyl sites for hydroxylation is 1. The first-order valence-electron chi connectivity index (χ1n) is 6.77. The Morgan fingerprint density at radius 2 is 2.06 bits per heavy atom. The van der Waals surface area contributed by atoms with Gasteiger partial charge >= 0.3 is 0 Å². The highest BCUT2D eigenvalue weighted by atomic mass is 79.9. The zero-order valence-corrected chi connectivity index (χ0v) is 13.1. The Bertz CT molecular complexity index is 431. The van der Waals surface area contributed by atoms with Crippen LogP contribution >= 0.6 is 15.9 Å². The lowest BCUT2D eigenvalue weighted by molar-refractivity contribution is 0.336. The fourth-order valence-electron chi connectivity index (χ4n) is 2.90. The number of anilines is 2. The topological polar surface area (TPSA) is 29.3 Å². The number of halogens is 1. The molecule has 1 saturated carbocycles. The van der Waals surface area contributed by atoms with E-state index in [0.717, 1.165) is 21.6 Å². The molecule has 1 aliphatic rings. The first-order chi connectivity index (χ1) is 8.49. The molecule has 1 aliphatic carbocycles. The van der Waals surface area contributed by atoms with Crippen molar-refractivity contribution >= 4 is 27.3 Å². The van der Waals surface area contributed by atoms with Crippen molar-refractivity contribution in [2.45, 2.75) is 45.6 Å². The van der Waals surface area contributed by atoms with Gasteiger partial charge in [-0.05, 0) is 59.3 Å². The summed E-state index contributed by atoms with van der Waals surface area (Å²) >= 11 is 3.64. The van der Waals surface area contributed by atoms with Gasteiger partial charge in [-0.2, -0.15) is 0 Å². The van der Waals surface area contributed by atoms with E-state index in [1.165, 1.54) is 31.4 Å². The maximum Gasteiger partial charge on any atom is 0.0514 e. The molecule has 1 fully saturated rings. The predicted molar refractivity (Wildman–Crippen MR) is 83.1 cm³/mol. The van der Waals surface area contributed by atoms with Crippen LogP contribution in [0.3, 0.4) is 0 Å². The lowest BCUT2D eigenvalue weighted by atomic mass is 9.86. The molecule has 2 unspecified atom stereocenters. The maximum atomic E-state index is 5.94. The second-order valence-corrected chi connectivity index (χ2v) is 6.55. The zero-order chi connectivity index (χ0) is 13.3. The minimum Gasteiger partial charge on any atom is -0.398 e. The van der Waals surface area contributed by atoms with E-state index >= 15 is 0 Å². The van der Waals surface area contributed by atoms with E-state index in [1.807, 2.05) is 6.07 Å². The highest BCUT2D eigenvalue weighted by molar-refractivity contribution is 9.10. The summed E-state index contributed by atoms with van der Waals surface area (Å²) in [5, 5.41) is 0. The van der Waals surface area contributed by atoms with Gasteiger partial charge in [0.25, 0.3) is 0 Å². The van der Waals surface area contributed by atoms with E-state index in [2.05, 4.69) is 47.8 Å². The molecule has 0 saturated heterocycles. The number of hydrogen-bond donors (Lipinski definition) is 1. The molecule has 0 amide bonds. The van der Waals surface area contributed by atoms with E-state index < -0.39 is 0 Å². The summed E-state index contributed by atoms with van der Waals surface area (Å²) in [6, 6.07) is 4.87. The van der Waals surface area contributed by atoms with Gasteiger partial charge in [-0.15, -0.1) is 0 Å². The largest absolute Gasteiger partial charge is 0.398 e. The lowest BCUT2D eigenvalue weighted by Crippen LogP contribution is -2.35. The molecule has 2 atom stereocenters. The van der Waals surface area contributed by atoms with Crippen molar-refractivity contribution in [2.24, 2.45) is 5.92 Å². The van der Waals surface area contributed by atoms with Crippen molar-refractivity contribution in [2.75, 3.05) is 17.7 Å². The van der Waals surface area contributed by atoms with Crippen LogP contribution in [0.15, 0.2) is 16.6 Å². The van der Waals surface area contributed by atoms with Crippen molar-refractivity contribution < 1.29 is 0 Å². The monoisotopic (exact) mass is 310 g/mol. The van der Waals surface area contributed by atoms with E-state index in [1.54, 1.807) is 0 Å². The molecule has 0 radical (unpaired) electrons. The first-order valence-corrected chi connectivity index (χ1v) is 7.56. The molecule has 0 bridgehead atoms. The third-order valence-electron chi connectivity index (χ3n) is 4.17. The van der Waals surface area contributed by atoms with Gasteiger partial charge in [0.2, 0.25) is 0 Å². The molecular weight excluding hydrogens is 288 g/mol. The number of nitrogens with two attached hydrogens (primary N) is 1. The second-order valence-electron chi connectivity index (χ2n) is 5.70. The average Bonchev–Trinajstić information content (AvgIpc) is 2.33. The Balaban J connectivity index is 2.22. The van der Waals surface area contributed by atoms with Crippen molar-refractivity contribution in [3.05, 3.63) is 22.2 Å². The van der Waals surface area contributed by atoms with Gasteiger partial charge < -0.3 is 10.6 Å². The first kappa shape index (κ1) is 13.7. The number of nitrogens with zero attached hydrogens (tertiary/aromatic N) is 1. The van der Waals surface area contributed by atoms with Crippen molar-refractivity contribution in [1.82, 2.24) is 0 Å². The summed E-state index contributed by atoms with van der Waals surface area (Å²) in [5.74, 6) is 0.847. The SMILES string of the molecule is Cc1cc(N(C)C2CCCC(C)C2)c(Br)cc1N. The summed E-state index contributed by atoms with van der Waals surface area (Å²) in [5.41, 5.74) is 9.22. The molecule has 18 heavy (non-hydrogen) atoms. The summed E-state index contributed by atoms with van der Waals surface area (Å²) in [6.07, 6.45) is 5.33. The molecule has 0 spiro atoms.